The number of Topliss-reactive ketones (excluding diaryl/α,β-unsaturated/α-hetero) is 1. The number of carbonyl (C=O) groups is 2. The van der Waals surface area contributed by atoms with Crippen LogP contribution in [0.1, 0.15) is 22.8 Å². The Balaban J connectivity index is 2.10. The van der Waals surface area contributed by atoms with E-state index in [1.807, 2.05) is 24.3 Å². The molecule has 0 heterocycles. The van der Waals surface area contributed by atoms with Crippen molar-refractivity contribution >= 4 is 39.4 Å². The lowest BCUT2D eigenvalue weighted by Crippen LogP contribution is -2.11. The maximum absolute atomic E-state index is 11.9. The molecule has 0 saturated heterocycles. The molecule has 1 amide bonds. The fourth-order valence-corrected chi connectivity index (χ4v) is 2.27. The molecule has 3 nitrogen and oxygen atoms in total. The Bertz CT molecular complexity index is 707. The number of nitrogens with one attached hydrogen (secondary N) is 1. The lowest BCUT2D eigenvalue weighted by Gasteiger charge is -2.06. The Labute approximate surface area is 131 Å². The molecule has 2 aromatic rings. The van der Waals surface area contributed by atoms with E-state index in [0.717, 1.165) is 10.0 Å². The maximum atomic E-state index is 11.9. The van der Waals surface area contributed by atoms with E-state index >= 15 is 0 Å². The summed E-state index contributed by atoms with van der Waals surface area (Å²) in [6.45, 7) is 1.47. The van der Waals surface area contributed by atoms with E-state index in [1.165, 1.54) is 13.0 Å². The van der Waals surface area contributed by atoms with E-state index in [1.54, 1.807) is 30.3 Å². The van der Waals surface area contributed by atoms with Crippen LogP contribution >= 0.6 is 15.9 Å². The molecule has 0 bridgehead atoms. The highest BCUT2D eigenvalue weighted by Gasteiger charge is 2.07. The quantitative estimate of drug-likeness (QED) is 0.664. The van der Waals surface area contributed by atoms with Crippen LogP contribution in [0.4, 0.5) is 5.69 Å². The molecule has 21 heavy (non-hydrogen) atoms. The Morgan fingerprint density at radius 1 is 1.10 bits per heavy atom. The monoisotopic (exact) mass is 343 g/mol. The highest BCUT2D eigenvalue weighted by molar-refractivity contribution is 9.10. The van der Waals surface area contributed by atoms with Gasteiger partial charge in [0, 0.05) is 16.1 Å². The molecule has 0 saturated carbocycles. The number of benzene rings is 2. The predicted octanol–water partition coefficient (Wildman–Crippen LogP) is 4.30. The molecule has 0 spiro atoms. The second-order valence-corrected chi connectivity index (χ2v) is 5.40. The lowest BCUT2D eigenvalue weighted by molar-refractivity contribution is -0.111. The van der Waals surface area contributed by atoms with Crippen molar-refractivity contribution in [3.8, 4) is 0 Å². The first-order valence-corrected chi connectivity index (χ1v) is 7.20. The minimum atomic E-state index is -0.274. The summed E-state index contributed by atoms with van der Waals surface area (Å²) in [5.41, 5.74) is 1.94. The number of anilines is 1. The fraction of sp³-hybridized carbons (Fsp3) is 0.0588. The summed E-state index contributed by atoms with van der Waals surface area (Å²) in [6, 6.07) is 14.6. The smallest absolute Gasteiger partial charge is 0.248 e. The SMILES string of the molecule is CC(=O)c1ccccc1NC(=O)C=Cc1cccc(Br)c1. The normalized spacial score (nSPS) is 10.6. The third-order valence-corrected chi connectivity index (χ3v) is 3.33. The van der Waals surface area contributed by atoms with E-state index in [4.69, 9.17) is 0 Å². The standard InChI is InChI=1S/C17H14BrNO2/c1-12(20)15-7-2-3-8-16(15)19-17(21)10-9-13-5-4-6-14(18)11-13/h2-11H,1H3,(H,19,21). The van der Waals surface area contributed by atoms with Crippen molar-refractivity contribution in [2.75, 3.05) is 5.32 Å². The van der Waals surface area contributed by atoms with Gasteiger partial charge in [0.15, 0.2) is 5.78 Å². The molecule has 0 fully saturated rings. The van der Waals surface area contributed by atoms with Gasteiger partial charge in [0.2, 0.25) is 5.91 Å². The molecule has 0 unspecified atom stereocenters. The maximum Gasteiger partial charge on any atom is 0.248 e. The molecule has 4 heteroatoms. The number of para-hydroxylation sites is 1. The van der Waals surface area contributed by atoms with Gasteiger partial charge in [-0.05, 0) is 42.8 Å². The van der Waals surface area contributed by atoms with Gasteiger partial charge in [0.25, 0.3) is 0 Å². The van der Waals surface area contributed by atoms with Crippen molar-refractivity contribution in [3.05, 3.63) is 70.2 Å². The van der Waals surface area contributed by atoms with E-state index in [-0.39, 0.29) is 11.7 Å². The van der Waals surface area contributed by atoms with Crippen LogP contribution in [0.5, 0.6) is 0 Å². The first-order valence-electron chi connectivity index (χ1n) is 6.41. The van der Waals surface area contributed by atoms with Crippen LogP contribution in [0.2, 0.25) is 0 Å². The molecule has 0 aliphatic carbocycles. The Morgan fingerprint density at radius 3 is 2.57 bits per heavy atom. The molecule has 0 atom stereocenters. The highest BCUT2D eigenvalue weighted by atomic mass is 79.9. The number of halogens is 1. The van der Waals surface area contributed by atoms with E-state index < -0.39 is 0 Å². The van der Waals surface area contributed by atoms with Gasteiger partial charge in [0.05, 0.1) is 5.69 Å². The zero-order valence-electron chi connectivity index (χ0n) is 11.5. The molecule has 0 radical (unpaired) electrons. The molecule has 1 N–H and O–H groups in total. The molecular formula is C17H14BrNO2. The first kappa shape index (κ1) is 15.2. The number of amides is 1. The zero-order chi connectivity index (χ0) is 15.2. The average Bonchev–Trinajstić information content (AvgIpc) is 2.45. The van der Waals surface area contributed by atoms with Crippen LogP contribution in [-0.2, 0) is 4.79 Å². The Hall–Kier alpha value is -2.20. The second-order valence-electron chi connectivity index (χ2n) is 4.48. The van der Waals surface area contributed by atoms with E-state index in [0.29, 0.717) is 11.3 Å². The molecule has 106 valence electrons. The summed E-state index contributed by atoms with van der Waals surface area (Å²) in [5.74, 6) is -0.356. The summed E-state index contributed by atoms with van der Waals surface area (Å²) >= 11 is 3.38. The summed E-state index contributed by atoms with van der Waals surface area (Å²) < 4.78 is 0.951. The van der Waals surface area contributed by atoms with Crippen LogP contribution in [0.3, 0.4) is 0 Å². The summed E-state index contributed by atoms with van der Waals surface area (Å²) in [7, 11) is 0. The minimum Gasteiger partial charge on any atom is -0.322 e. The molecular weight excluding hydrogens is 330 g/mol. The van der Waals surface area contributed by atoms with Crippen LogP contribution in [0, 0.1) is 0 Å². The highest BCUT2D eigenvalue weighted by Crippen LogP contribution is 2.16. The van der Waals surface area contributed by atoms with E-state index in [2.05, 4.69) is 21.2 Å². The number of hydrogen-bond acceptors (Lipinski definition) is 2. The molecule has 0 aliphatic rings. The van der Waals surface area contributed by atoms with Crippen molar-refractivity contribution in [1.82, 2.24) is 0 Å². The largest absolute Gasteiger partial charge is 0.322 e. The second kappa shape index (κ2) is 6.99. The predicted molar refractivity (Wildman–Crippen MR) is 88.3 cm³/mol. The average molecular weight is 344 g/mol. The fourth-order valence-electron chi connectivity index (χ4n) is 1.86. The zero-order valence-corrected chi connectivity index (χ0v) is 13.1. The van der Waals surface area contributed by atoms with Crippen molar-refractivity contribution in [2.45, 2.75) is 6.92 Å². The topological polar surface area (TPSA) is 46.2 Å². The minimum absolute atomic E-state index is 0.0816. The lowest BCUT2D eigenvalue weighted by atomic mass is 10.1. The van der Waals surface area contributed by atoms with Gasteiger partial charge in [-0.3, -0.25) is 9.59 Å². The van der Waals surface area contributed by atoms with Gasteiger partial charge in [-0.2, -0.15) is 0 Å². The van der Waals surface area contributed by atoms with Gasteiger partial charge in [-0.15, -0.1) is 0 Å². The number of hydrogen-bond donors (Lipinski definition) is 1. The Kier molecular flexibility index (Phi) is 5.06. The summed E-state index contributed by atoms with van der Waals surface area (Å²) in [6.07, 6.45) is 3.16. The molecule has 2 rings (SSSR count). The van der Waals surface area contributed by atoms with Gasteiger partial charge < -0.3 is 5.32 Å². The van der Waals surface area contributed by atoms with Gasteiger partial charge in [-0.1, -0.05) is 40.2 Å². The van der Waals surface area contributed by atoms with Gasteiger partial charge >= 0.3 is 0 Å². The van der Waals surface area contributed by atoms with Crippen LogP contribution in [-0.4, -0.2) is 11.7 Å². The van der Waals surface area contributed by atoms with Crippen LogP contribution in [0.25, 0.3) is 6.08 Å². The number of rotatable bonds is 4. The molecule has 0 aromatic heterocycles. The Morgan fingerprint density at radius 2 is 1.86 bits per heavy atom. The van der Waals surface area contributed by atoms with Crippen molar-refractivity contribution in [3.63, 3.8) is 0 Å². The van der Waals surface area contributed by atoms with Crippen LogP contribution in [0.15, 0.2) is 59.1 Å². The van der Waals surface area contributed by atoms with E-state index in [9.17, 15) is 9.59 Å². The number of carbonyl (C=O) groups excluding carboxylic acids is 2. The van der Waals surface area contributed by atoms with Gasteiger partial charge in [0.1, 0.15) is 0 Å². The molecule has 0 aliphatic heterocycles. The van der Waals surface area contributed by atoms with Gasteiger partial charge in [-0.25, -0.2) is 0 Å². The van der Waals surface area contributed by atoms with Crippen molar-refractivity contribution in [2.24, 2.45) is 0 Å². The van der Waals surface area contributed by atoms with Crippen LogP contribution < -0.4 is 5.32 Å². The summed E-state index contributed by atoms with van der Waals surface area (Å²) in [5, 5.41) is 2.72. The number of ketones is 1. The third kappa shape index (κ3) is 4.39. The summed E-state index contributed by atoms with van der Waals surface area (Å²) in [4.78, 5) is 23.4. The molecule has 2 aromatic carbocycles. The first-order chi connectivity index (χ1) is 10.1. The van der Waals surface area contributed by atoms with Crippen molar-refractivity contribution < 1.29 is 9.59 Å². The van der Waals surface area contributed by atoms with Crippen molar-refractivity contribution in [1.29, 1.82) is 0 Å². The third-order valence-electron chi connectivity index (χ3n) is 2.84.